The van der Waals surface area contributed by atoms with Crippen LogP contribution < -0.4 is 10.6 Å². The lowest BCUT2D eigenvalue weighted by Crippen LogP contribution is -2.25. The molecule has 2 N–H and O–H groups in total. The number of hydrogen-bond donors (Lipinski definition) is 1. The van der Waals surface area contributed by atoms with E-state index in [0.717, 1.165) is 35.5 Å². The fourth-order valence-corrected chi connectivity index (χ4v) is 2.50. The van der Waals surface area contributed by atoms with E-state index in [1.165, 1.54) is 0 Å². The monoisotopic (exact) mass is 320 g/mol. The first kappa shape index (κ1) is 12.3. The van der Waals surface area contributed by atoms with Crippen LogP contribution in [-0.2, 0) is 0 Å². The van der Waals surface area contributed by atoms with Crippen molar-refractivity contribution in [3.05, 3.63) is 34.7 Å². The number of halogens is 1. The molecule has 19 heavy (non-hydrogen) atoms. The molecule has 1 fully saturated rings. The number of nitrogens with zero attached hydrogens (tertiary/aromatic N) is 5. The van der Waals surface area contributed by atoms with E-state index in [1.807, 2.05) is 6.07 Å². The van der Waals surface area contributed by atoms with E-state index in [-0.39, 0.29) is 6.04 Å². The van der Waals surface area contributed by atoms with Crippen LogP contribution in [0.1, 0.15) is 24.6 Å². The molecule has 1 aliphatic heterocycles. The molecule has 7 heteroatoms. The van der Waals surface area contributed by atoms with E-state index >= 15 is 0 Å². The van der Waals surface area contributed by atoms with Crippen LogP contribution in [0.25, 0.3) is 0 Å². The molecular formula is C12H13BrN6. The van der Waals surface area contributed by atoms with Crippen molar-refractivity contribution in [3.8, 4) is 0 Å². The van der Waals surface area contributed by atoms with Gasteiger partial charge in [-0.15, -0.1) is 5.10 Å². The molecule has 2 aromatic rings. The lowest BCUT2D eigenvalue weighted by Gasteiger charge is -2.23. The van der Waals surface area contributed by atoms with Crippen molar-refractivity contribution in [3.63, 3.8) is 0 Å². The van der Waals surface area contributed by atoms with Gasteiger partial charge in [-0.3, -0.25) is 0 Å². The molecule has 0 spiro atoms. The molecule has 0 amide bonds. The number of anilines is 2. The Morgan fingerprint density at radius 1 is 1.21 bits per heavy atom. The Morgan fingerprint density at radius 3 is 2.68 bits per heavy atom. The van der Waals surface area contributed by atoms with Crippen molar-refractivity contribution in [1.82, 2.24) is 20.2 Å². The fourth-order valence-electron chi connectivity index (χ4n) is 2.30. The summed E-state index contributed by atoms with van der Waals surface area (Å²) in [4.78, 5) is 10.9. The summed E-state index contributed by atoms with van der Waals surface area (Å²) in [6.07, 6.45) is 5.63. The predicted molar refractivity (Wildman–Crippen MR) is 75.5 cm³/mol. The maximum atomic E-state index is 5.57. The van der Waals surface area contributed by atoms with Gasteiger partial charge in [0.05, 0.1) is 16.2 Å². The van der Waals surface area contributed by atoms with Gasteiger partial charge in [-0.05, 0) is 40.9 Å². The lowest BCUT2D eigenvalue weighted by molar-refractivity contribution is 0.666. The van der Waals surface area contributed by atoms with Crippen molar-refractivity contribution in [1.29, 1.82) is 0 Å². The first-order valence-corrected chi connectivity index (χ1v) is 6.86. The minimum Gasteiger partial charge on any atom is -0.382 e. The van der Waals surface area contributed by atoms with Crippen LogP contribution in [-0.4, -0.2) is 26.7 Å². The third-order valence-corrected chi connectivity index (χ3v) is 3.57. The fraction of sp³-hybridized carbons (Fsp3) is 0.333. The molecule has 0 aromatic carbocycles. The quantitative estimate of drug-likeness (QED) is 0.910. The highest BCUT2D eigenvalue weighted by atomic mass is 79.9. The van der Waals surface area contributed by atoms with Crippen molar-refractivity contribution < 1.29 is 0 Å². The van der Waals surface area contributed by atoms with Gasteiger partial charge in [0.15, 0.2) is 0 Å². The van der Waals surface area contributed by atoms with Gasteiger partial charge in [0.25, 0.3) is 0 Å². The van der Waals surface area contributed by atoms with E-state index in [1.54, 1.807) is 18.5 Å². The third kappa shape index (κ3) is 2.51. The normalized spacial score (nSPS) is 18.8. The van der Waals surface area contributed by atoms with Crippen molar-refractivity contribution in [2.75, 3.05) is 17.2 Å². The highest BCUT2D eigenvalue weighted by molar-refractivity contribution is 9.10. The Labute approximate surface area is 119 Å². The van der Waals surface area contributed by atoms with Gasteiger partial charge >= 0.3 is 0 Å². The summed E-state index contributed by atoms with van der Waals surface area (Å²) in [5.74, 6) is 1.16. The number of nitrogen functional groups attached to an aromatic ring is 1. The highest BCUT2D eigenvalue weighted by Gasteiger charge is 2.29. The summed E-state index contributed by atoms with van der Waals surface area (Å²) in [7, 11) is 0. The van der Waals surface area contributed by atoms with Crippen LogP contribution in [0.4, 0.5) is 11.8 Å². The van der Waals surface area contributed by atoms with Crippen LogP contribution in [0.3, 0.4) is 0 Å². The highest BCUT2D eigenvalue weighted by Crippen LogP contribution is 2.33. The van der Waals surface area contributed by atoms with Crippen molar-refractivity contribution >= 4 is 27.7 Å². The second-order valence-corrected chi connectivity index (χ2v) is 5.35. The van der Waals surface area contributed by atoms with Gasteiger partial charge in [0, 0.05) is 18.9 Å². The SMILES string of the molecule is Nc1ccc(C2CCCN2c2ncc(Br)cn2)nn1. The zero-order chi connectivity index (χ0) is 13.2. The zero-order valence-electron chi connectivity index (χ0n) is 10.2. The van der Waals surface area contributed by atoms with E-state index in [9.17, 15) is 0 Å². The maximum absolute atomic E-state index is 5.57. The average molecular weight is 321 g/mol. The van der Waals surface area contributed by atoms with E-state index in [4.69, 9.17) is 5.73 Å². The number of hydrogen-bond acceptors (Lipinski definition) is 6. The van der Waals surface area contributed by atoms with Crippen molar-refractivity contribution in [2.45, 2.75) is 18.9 Å². The summed E-state index contributed by atoms with van der Waals surface area (Å²) < 4.78 is 0.874. The Bertz CT molecular complexity index is 504. The van der Waals surface area contributed by atoms with E-state index in [2.05, 4.69) is 41.0 Å². The molecule has 1 unspecified atom stereocenters. The second-order valence-electron chi connectivity index (χ2n) is 4.44. The number of nitrogens with two attached hydrogens (primary N) is 1. The van der Waals surface area contributed by atoms with Crippen molar-refractivity contribution in [2.24, 2.45) is 0 Å². The Balaban J connectivity index is 1.89. The van der Waals surface area contributed by atoms with Gasteiger partial charge in [-0.2, -0.15) is 5.10 Å². The topological polar surface area (TPSA) is 80.8 Å². The first-order chi connectivity index (χ1) is 9.24. The molecular weight excluding hydrogens is 308 g/mol. The molecule has 0 radical (unpaired) electrons. The molecule has 0 saturated carbocycles. The standard InChI is InChI=1S/C12H13BrN6/c13-8-6-15-12(16-7-8)19-5-1-2-10(19)9-3-4-11(14)18-17-9/h3-4,6-7,10H,1-2,5H2,(H2,14,18). The maximum Gasteiger partial charge on any atom is 0.225 e. The Morgan fingerprint density at radius 2 is 2.00 bits per heavy atom. The molecule has 1 atom stereocenters. The Kier molecular flexibility index (Phi) is 3.29. The summed E-state index contributed by atoms with van der Waals surface area (Å²) in [5, 5.41) is 8.09. The summed E-state index contributed by atoms with van der Waals surface area (Å²) in [6, 6.07) is 3.88. The summed E-state index contributed by atoms with van der Waals surface area (Å²) in [5.41, 5.74) is 6.49. The minimum absolute atomic E-state index is 0.175. The predicted octanol–water partition coefficient (Wildman–Crippen LogP) is 1.95. The molecule has 1 aliphatic rings. The van der Waals surface area contributed by atoms with Gasteiger partial charge in [0.2, 0.25) is 5.95 Å². The summed E-state index contributed by atoms with van der Waals surface area (Å²) in [6.45, 7) is 0.929. The zero-order valence-corrected chi connectivity index (χ0v) is 11.8. The molecule has 0 aliphatic carbocycles. The minimum atomic E-state index is 0.175. The van der Waals surface area contributed by atoms with Crippen LogP contribution in [0.2, 0.25) is 0 Å². The van der Waals surface area contributed by atoms with Gasteiger partial charge in [-0.1, -0.05) is 0 Å². The van der Waals surface area contributed by atoms with Crippen LogP contribution in [0.15, 0.2) is 29.0 Å². The molecule has 1 saturated heterocycles. The molecule has 0 bridgehead atoms. The van der Waals surface area contributed by atoms with Crippen LogP contribution >= 0.6 is 15.9 Å². The van der Waals surface area contributed by atoms with Crippen LogP contribution in [0, 0.1) is 0 Å². The third-order valence-electron chi connectivity index (χ3n) is 3.16. The Hall–Kier alpha value is -1.76. The smallest absolute Gasteiger partial charge is 0.225 e. The largest absolute Gasteiger partial charge is 0.382 e. The molecule has 3 rings (SSSR count). The van der Waals surface area contributed by atoms with Gasteiger partial charge in [0.1, 0.15) is 5.82 Å². The molecule has 3 heterocycles. The van der Waals surface area contributed by atoms with E-state index < -0.39 is 0 Å². The lowest BCUT2D eigenvalue weighted by atomic mass is 10.1. The van der Waals surface area contributed by atoms with Crippen LogP contribution in [0.5, 0.6) is 0 Å². The number of rotatable bonds is 2. The molecule has 98 valence electrons. The van der Waals surface area contributed by atoms with Gasteiger partial charge < -0.3 is 10.6 Å². The first-order valence-electron chi connectivity index (χ1n) is 6.07. The summed E-state index contributed by atoms with van der Waals surface area (Å²) >= 11 is 3.34. The molecule has 2 aromatic heterocycles. The molecule has 6 nitrogen and oxygen atoms in total. The average Bonchev–Trinajstić information content (AvgIpc) is 2.90. The van der Waals surface area contributed by atoms with Gasteiger partial charge in [-0.25, -0.2) is 9.97 Å². The second kappa shape index (κ2) is 5.08. The number of aromatic nitrogens is 4. The van der Waals surface area contributed by atoms with E-state index in [0.29, 0.717) is 5.82 Å².